The molecule has 1 saturated heterocycles. The van der Waals surface area contributed by atoms with E-state index in [-0.39, 0.29) is 24.7 Å². The van der Waals surface area contributed by atoms with E-state index in [1.54, 1.807) is 45.0 Å². The first-order valence-electron chi connectivity index (χ1n) is 11.6. The maximum absolute atomic E-state index is 13.5. The Kier molecular flexibility index (Phi) is 8.00. The molecule has 3 heterocycles. The number of aromatic hydroxyl groups is 1. The molecule has 0 bridgehead atoms. The second-order valence-corrected chi connectivity index (χ2v) is 10.0. The molecule has 1 unspecified atom stereocenters. The molecule has 4 rings (SSSR count). The van der Waals surface area contributed by atoms with Crippen molar-refractivity contribution in [3.05, 3.63) is 69.3 Å². The van der Waals surface area contributed by atoms with Gasteiger partial charge < -0.3 is 24.3 Å². The van der Waals surface area contributed by atoms with E-state index in [2.05, 4.69) is 20.5 Å². The third kappa shape index (κ3) is 5.57. The van der Waals surface area contributed by atoms with Crippen LogP contribution >= 0.6 is 11.8 Å². The number of aryl methyl sites for hydroxylation is 1. The van der Waals surface area contributed by atoms with Gasteiger partial charge in [-0.15, -0.1) is 0 Å². The molecular weight excluding hydrogens is 484 g/mol. The summed E-state index contributed by atoms with van der Waals surface area (Å²) in [5, 5.41) is 20.8. The monoisotopic (exact) mass is 514 g/mol. The van der Waals surface area contributed by atoms with Gasteiger partial charge in [-0.3, -0.25) is 14.7 Å². The number of carbonyl (C=O) groups is 1. The molecule has 36 heavy (non-hydrogen) atoms. The molecule has 1 aliphatic heterocycles. The Morgan fingerprint density at radius 1 is 1.28 bits per heavy atom. The lowest BCUT2D eigenvalue weighted by Gasteiger charge is -2.36. The van der Waals surface area contributed by atoms with E-state index in [1.165, 1.54) is 6.07 Å². The van der Waals surface area contributed by atoms with Gasteiger partial charge in [-0.25, -0.2) is 4.98 Å². The fourth-order valence-corrected chi connectivity index (χ4v) is 5.74. The fraction of sp³-hybridized carbons (Fsp3) is 0.440. The molecule has 0 radical (unpaired) electrons. The van der Waals surface area contributed by atoms with Crippen LogP contribution < -0.4 is 15.5 Å². The van der Waals surface area contributed by atoms with Gasteiger partial charge in [0, 0.05) is 25.0 Å². The smallest absolute Gasteiger partial charge is 0.227 e. The average Bonchev–Trinajstić information content (AvgIpc) is 3.34. The van der Waals surface area contributed by atoms with Gasteiger partial charge in [-0.1, -0.05) is 12.1 Å². The van der Waals surface area contributed by atoms with E-state index in [1.807, 2.05) is 12.1 Å². The molecule has 1 amide bonds. The summed E-state index contributed by atoms with van der Waals surface area (Å²) >= 11 is 1.77. The Bertz CT molecular complexity index is 1250. The number of hydrogen-bond donors (Lipinski definition) is 3. The maximum atomic E-state index is 13.5. The molecule has 3 aromatic rings. The van der Waals surface area contributed by atoms with Crippen molar-refractivity contribution < 1.29 is 23.8 Å². The van der Waals surface area contributed by atoms with Crippen LogP contribution in [0.2, 0.25) is 0 Å². The van der Waals surface area contributed by atoms with Gasteiger partial charge >= 0.3 is 0 Å². The molecule has 3 N–H and O–H groups in total. The summed E-state index contributed by atoms with van der Waals surface area (Å²) in [6.45, 7) is 1.92. The number of benzene rings is 1. The third-order valence-electron chi connectivity index (χ3n) is 6.32. The highest BCUT2D eigenvalue weighted by Crippen LogP contribution is 2.44. The topological polar surface area (TPSA) is 140 Å². The van der Waals surface area contributed by atoms with E-state index >= 15 is 0 Å². The molecule has 2 aromatic heterocycles. The Balaban J connectivity index is 1.65. The van der Waals surface area contributed by atoms with Crippen LogP contribution in [-0.2, 0) is 21.6 Å². The zero-order valence-electron chi connectivity index (χ0n) is 20.5. The van der Waals surface area contributed by atoms with Gasteiger partial charge in [0.05, 0.1) is 7.11 Å². The Morgan fingerprint density at radius 2 is 2.00 bits per heavy atom. The summed E-state index contributed by atoms with van der Waals surface area (Å²) in [6.07, 6.45) is 1.23. The first-order valence-corrected chi connectivity index (χ1v) is 12.8. The number of nitrogens with zero attached hydrogens (tertiary/aromatic N) is 2. The van der Waals surface area contributed by atoms with E-state index in [0.29, 0.717) is 36.0 Å². The van der Waals surface area contributed by atoms with Crippen LogP contribution in [0.4, 0.5) is 0 Å². The molecular formula is C25H30N4O6S. The van der Waals surface area contributed by atoms with Gasteiger partial charge in [0.15, 0.2) is 17.4 Å². The van der Waals surface area contributed by atoms with Crippen LogP contribution in [0.25, 0.3) is 0 Å². The highest BCUT2D eigenvalue weighted by Gasteiger charge is 2.42. The highest BCUT2D eigenvalue weighted by molar-refractivity contribution is 7.99. The third-order valence-corrected chi connectivity index (χ3v) is 7.30. The molecule has 1 aromatic carbocycles. The zero-order chi connectivity index (χ0) is 25.7. The number of methoxy groups -OCH3 is 2. The van der Waals surface area contributed by atoms with Crippen LogP contribution in [0.15, 0.2) is 39.5 Å². The van der Waals surface area contributed by atoms with Crippen molar-refractivity contribution in [2.75, 3.05) is 25.7 Å². The minimum atomic E-state index is -0.796. The molecule has 1 aliphatic rings. The Hall–Kier alpha value is -3.31. The number of nitrogens with one attached hydrogen (secondary N) is 2. The number of thioether (sulfide) groups is 1. The van der Waals surface area contributed by atoms with E-state index in [4.69, 9.17) is 13.9 Å². The average molecular weight is 515 g/mol. The number of aromatic nitrogens is 3. The standard InChI is InChI=1S/C25H30N4O6S/c1-15-12-18(30)22(32)23(35-15)25(8-10-36-11-9-25)13-20(31)27-21(16-4-6-17(34-3)7-5-16)24-26-19(14-33-2)28-29-24/h4-7,12,21,32H,8-11,13-14H2,1-3H3,(H,27,31)(H,26,28,29). The van der Waals surface area contributed by atoms with E-state index in [0.717, 1.165) is 17.1 Å². The minimum absolute atomic E-state index is 0.0372. The SMILES string of the molecule is COCc1nc(C(NC(=O)CC2(c3oc(C)cc(=O)c3O)CCSCC2)c2ccc(OC)cc2)n[nH]1. The van der Waals surface area contributed by atoms with Crippen molar-refractivity contribution in [1.29, 1.82) is 0 Å². The molecule has 192 valence electrons. The zero-order valence-corrected chi connectivity index (χ0v) is 21.3. The summed E-state index contributed by atoms with van der Waals surface area (Å²) in [4.78, 5) is 30.4. The maximum Gasteiger partial charge on any atom is 0.227 e. The lowest BCUT2D eigenvalue weighted by Crippen LogP contribution is -2.40. The van der Waals surface area contributed by atoms with Crippen molar-refractivity contribution in [2.24, 2.45) is 0 Å². The van der Waals surface area contributed by atoms with Crippen molar-refractivity contribution in [3.8, 4) is 11.5 Å². The Labute approximate surface area is 212 Å². The lowest BCUT2D eigenvalue weighted by molar-refractivity contribution is -0.123. The fourth-order valence-electron chi connectivity index (χ4n) is 4.46. The van der Waals surface area contributed by atoms with Crippen LogP contribution in [-0.4, -0.2) is 51.9 Å². The van der Waals surface area contributed by atoms with Gasteiger partial charge in [0.2, 0.25) is 17.1 Å². The van der Waals surface area contributed by atoms with E-state index < -0.39 is 22.6 Å². The molecule has 1 atom stereocenters. The number of hydrogen-bond acceptors (Lipinski definition) is 9. The Morgan fingerprint density at radius 3 is 2.67 bits per heavy atom. The van der Waals surface area contributed by atoms with E-state index in [9.17, 15) is 14.7 Å². The molecule has 0 aliphatic carbocycles. The van der Waals surface area contributed by atoms with Crippen molar-refractivity contribution in [2.45, 2.75) is 44.2 Å². The normalized spacial score (nSPS) is 15.9. The summed E-state index contributed by atoms with van der Waals surface area (Å²) in [5.74, 6) is 3.06. The number of ether oxygens (including phenoxy) is 2. The number of rotatable bonds is 9. The number of aromatic amines is 1. The second-order valence-electron chi connectivity index (χ2n) is 8.82. The van der Waals surface area contributed by atoms with Crippen LogP contribution in [0.1, 0.15) is 54.0 Å². The van der Waals surface area contributed by atoms with Crippen molar-refractivity contribution in [3.63, 3.8) is 0 Å². The lowest BCUT2D eigenvalue weighted by atomic mass is 9.75. The molecule has 11 heteroatoms. The van der Waals surface area contributed by atoms with Gasteiger partial charge in [-0.2, -0.15) is 16.9 Å². The largest absolute Gasteiger partial charge is 0.502 e. The van der Waals surface area contributed by atoms with Crippen LogP contribution in [0, 0.1) is 6.92 Å². The van der Waals surface area contributed by atoms with Gasteiger partial charge in [0.1, 0.15) is 24.2 Å². The first-order chi connectivity index (χ1) is 17.3. The predicted octanol–water partition coefficient (Wildman–Crippen LogP) is 2.99. The summed E-state index contributed by atoms with van der Waals surface area (Å²) < 4.78 is 16.3. The van der Waals surface area contributed by atoms with Gasteiger partial charge in [-0.05, 0) is 49.0 Å². The minimum Gasteiger partial charge on any atom is -0.502 e. The first kappa shape index (κ1) is 25.8. The van der Waals surface area contributed by atoms with Crippen LogP contribution in [0.3, 0.4) is 0 Å². The van der Waals surface area contributed by atoms with Gasteiger partial charge in [0.25, 0.3) is 0 Å². The predicted molar refractivity (Wildman–Crippen MR) is 134 cm³/mol. The highest BCUT2D eigenvalue weighted by atomic mass is 32.2. The van der Waals surface area contributed by atoms with Crippen molar-refractivity contribution >= 4 is 17.7 Å². The molecule has 1 fully saturated rings. The summed E-state index contributed by atoms with van der Waals surface area (Å²) in [6, 6.07) is 7.90. The summed E-state index contributed by atoms with van der Waals surface area (Å²) in [5.41, 5.74) is -0.533. The summed E-state index contributed by atoms with van der Waals surface area (Å²) in [7, 11) is 3.15. The number of H-pyrrole nitrogens is 1. The van der Waals surface area contributed by atoms with Crippen LogP contribution in [0.5, 0.6) is 11.5 Å². The molecule has 10 nitrogen and oxygen atoms in total. The molecule has 0 saturated carbocycles. The quantitative estimate of drug-likeness (QED) is 0.393. The molecule has 0 spiro atoms. The number of amides is 1. The second kappa shape index (κ2) is 11.2. The number of carbonyl (C=O) groups excluding carboxylic acids is 1. The van der Waals surface area contributed by atoms with Crippen molar-refractivity contribution in [1.82, 2.24) is 20.5 Å².